The van der Waals surface area contributed by atoms with Crippen molar-refractivity contribution in [1.82, 2.24) is 4.98 Å². The van der Waals surface area contributed by atoms with Gasteiger partial charge in [-0.25, -0.2) is 4.98 Å². The van der Waals surface area contributed by atoms with E-state index in [9.17, 15) is 9.59 Å². The first-order chi connectivity index (χ1) is 10.2. The lowest BCUT2D eigenvalue weighted by Gasteiger charge is -2.06. The summed E-state index contributed by atoms with van der Waals surface area (Å²) in [7, 11) is 1.52. The van der Waals surface area contributed by atoms with E-state index in [2.05, 4.69) is 10.3 Å². The maximum Gasteiger partial charge on any atom is 0.261 e. The number of aryl methyl sites for hydroxylation is 1. The molecule has 0 spiro atoms. The molecule has 0 atom stereocenters. The minimum Gasteiger partial charge on any atom is -0.496 e. The second-order valence-corrected chi connectivity index (χ2v) is 5.73. The third kappa shape index (κ3) is 2.67. The zero-order chi connectivity index (χ0) is 14.8. The molecule has 21 heavy (non-hydrogen) atoms. The number of fused-ring (bicyclic) bond motifs is 1. The molecule has 0 radical (unpaired) electrons. The molecule has 1 aliphatic carbocycles. The molecule has 1 aliphatic rings. The second-order valence-electron chi connectivity index (χ2n) is 4.73. The van der Waals surface area contributed by atoms with Crippen LogP contribution in [0.5, 0.6) is 5.75 Å². The number of methoxy groups -OCH3 is 1. The van der Waals surface area contributed by atoms with Crippen LogP contribution in [-0.4, -0.2) is 23.8 Å². The number of ketones is 1. The first kappa shape index (κ1) is 13.8. The minimum atomic E-state index is -0.286. The number of hydrogen-bond acceptors (Lipinski definition) is 5. The van der Waals surface area contributed by atoms with Gasteiger partial charge in [-0.3, -0.25) is 14.9 Å². The fourth-order valence-electron chi connectivity index (χ4n) is 2.32. The number of carbonyl (C=O) groups excluding carboxylic acids is 2. The number of anilines is 1. The van der Waals surface area contributed by atoms with Crippen LogP contribution in [0.15, 0.2) is 24.3 Å². The Labute approximate surface area is 126 Å². The lowest BCUT2D eigenvalue weighted by Crippen LogP contribution is -2.13. The monoisotopic (exact) mass is 302 g/mol. The van der Waals surface area contributed by atoms with Crippen LogP contribution < -0.4 is 10.1 Å². The summed E-state index contributed by atoms with van der Waals surface area (Å²) in [5.41, 5.74) is 1.24. The summed E-state index contributed by atoms with van der Waals surface area (Å²) in [5.74, 6) is 0.338. The predicted octanol–water partition coefficient (Wildman–Crippen LogP) is 2.92. The van der Waals surface area contributed by atoms with Gasteiger partial charge in [0, 0.05) is 6.42 Å². The van der Waals surface area contributed by atoms with Gasteiger partial charge < -0.3 is 4.74 Å². The van der Waals surface area contributed by atoms with Gasteiger partial charge in [-0.05, 0) is 25.0 Å². The van der Waals surface area contributed by atoms with Crippen molar-refractivity contribution in [3.05, 3.63) is 40.4 Å². The first-order valence-electron chi connectivity index (χ1n) is 6.66. The highest BCUT2D eigenvalue weighted by atomic mass is 32.1. The van der Waals surface area contributed by atoms with Crippen molar-refractivity contribution in [3.8, 4) is 5.75 Å². The minimum absolute atomic E-state index is 0.117. The van der Waals surface area contributed by atoms with Crippen molar-refractivity contribution in [3.63, 3.8) is 0 Å². The third-order valence-corrected chi connectivity index (χ3v) is 4.39. The molecule has 0 fully saturated rings. The number of thiazole rings is 1. The molecular formula is C15H14N2O3S. The van der Waals surface area contributed by atoms with E-state index in [0.29, 0.717) is 27.7 Å². The zero-order valence-electron chi connectivity index (χ0n) is 11.5. The van der Waals surface area contributed by atoms with Gasteiger partial charge in [-0.2, -0.15) is 0 Å². The van der Waals surface area contributed by atoms with Crippen molar-refractivity contribution < 1.29 is 14.3 Å². The maximum absolute atomic E-state index is 12.3. The van der Waals surface area contributed by atoms with Crippen LogP contribution in [0.1, 0.15) is 38.6 Å². The number of amides is 1. The Morgan fingerprint density at radius 1 is 1.33 bits per heavy atom. The van der Waals surface area contributed by atoms with E-state index in [0.717, 1.165) is 18.5 Å². The molecule has 1 N–H and O–H groups in total. The highest BCUT2D eigenvalue weighted by Crippen LogP contribution is 2.30. The number of para-hydroxylation sites is 1. The molecule has 3 rings (SSSR count). The molecule has 0 aliphatic heterocycles. The van der Waals surface area contributed by atoms with Gasteiger partial charge in [0.2, 0.25) is 0 Å². The average molecular weight is 302 g/mol. The molecule has 1 aromatic heterocycles. The van der Waals surface area contributed by atoms with Gasteiger partial charge in [0.1, 0.15) is 5.75 Å². The van der Waals surface area contributed by atoms with Gasteiger partial charge >= 0.3 is 0 Å². The number of nitrogens with zero attached hydrogens (tertiary/aromatic N) is 1. The van der Waals surface area contributed by atoms with Crippen molar-refractivity contribution in [2.24, 2.45) is 0 Å². The molecular weight excluding hydrogens is 288 g/mol. The zero-order valence-corrected chi connectivity index (χ0v) is 12.3. The SMILES string of the molecule is COc1ccccc1C(=O)Nc1nc2c(s1)C(=O)CCC2. The lowest BCUT2D eigenvalue weighted by molar-refractivity contribution is 0.0975. The van der Waals surface area contributed by atoms with Crippen LogP contribution in [0.3, 0.4) is 0 Å². The average Bonchev–Trinajstić information content (AvgIpc) is 2.91. The summed E-state index contributed by atoms with van der Waals surface area (Å²) in [6.07, 6.45) is 2.19. The lowest BCUT2D eigenvalue weighted by atomic mass is 10.0. The summed E-state index contributed by atoms with van der Waals surface area (Å²) in [6.45, 7) is 0. The van der Waals surface area contributed by atoms with E-state index in [-0.39, 0.29) is 11.7 Å². The van der Waals surface area contributed by atoms with E-state index in [1.807, 2.05) is 0 Å². The van der Waals surface area contributed by atoms with Crippen LogP contribution in [-0.2, 0) is 6.42 Å². The Morgan fingerprint density at radius 3 is 2.90 bits per heavy atom. The maximum atomic E-state index is 12.3. The molecule has 2 aromatic rings. The molecule has 5 nitrogen and oxygen atoms in total. The Kier molecular flexibility index (Phi) is 3.70. The van der Waals surface area contributed by atoms with Crippen LogP contribution in [0.2, 0.25) is 0 Å². The number of carbonyl (C=O) groups is 2. The van der Waals surface area contributed by atoms with Gasteiger partial charge in [0.15, 0.2) is 10.9 Å². The summed E-state index contributed by atoms with van der Waals surface area (Å²) >= 11 is 1.25. The number of benzene rings is 1. The second kappa shape index (κ2) is 5.65. The van der Waals surface area contributed by atoms with Gasteiger partial charge in [0.25, 0.3) is 5.91 Å². The molecule has 1 amide bonds. The Bertz CT molecular complexity index is 709. The molecule has 1 aromatic carbocycles. The molecule has 108 valence electrons. The third-order valence-electron chi connectivity index (χ3n) is 3.34. The molecule has 1 heterocycles. The summed E-state index contributed by atoms with van der Waals surface area (Å²) < 4.78 is 5.17. The van der Waals surface area contributed by atoms with Gasteiger partial charge in [-0.1, -0.05) is 23.5 Å². The Morgan fingerprint density at radius 2 is 2.14 bits per heavy atom. The molecule has 0 unspecified atom stereocenters. The van der Waals surface area contributed by atoms with E-state index in [1.165, 1.54) is 18.4 Å². The van der Waals surface area contributed by atoms with E-state index < -0.39 is 0 Å². The first-order valence-corrected chi connectivity index (χ1v) is 7.48. The Hall–Kier alpha value is -2.21. The summed E-state index contributed by atoms with van der Waals surface area (Å²) in [5, 5.41) is 3.21. The van der Waals surface area contributed by atoms with Gasteiger partial charge in [0.05, 0.1) is 23.2 Å². The van der Waals surface area contributed by atoms with Crippen LogP contribution in [0.4, 0.5) is 5.13 Å². The standard InChI is InChI=1S/C15H14N2O3S/c1-20-12-8-3-2-5-9(12)14(19)17-15-16-10-6-4-7-11(18)13(10)21-15/h2-3,5,8H,4,6-7H2,1H3,(H,16,17,19). The highest BCUT2D eigenvalue weighted by Gasteiger charge is 2.23. The van der Waals surface area contributed by atoms with E-state index >= 15 is 0 Å². The van der Waals surface area contributed by atoms with Crippen molar-refractivity contribution in [2.75, 3.05) is 12.4 Å². The number of Topliss-reactive ketones (excluding diaryl/α,β-unsaturated/α-hetero) is 1. The number of ether oxygens (including phenoxy) is 1. The number of hydrogen-bond donors (Lipinski definition) is 1. The van der Waals surface area contributed by atoms with E-state index in [4.69, 9.17) is 4.74 Å². The topological polar surface area (TPSA) is 68.3 Å². The predicted molar refractivity (Wildman–Crippen MR) is 80.3 cm³/mol. The van der Waals surface area contributed by atoms with Crippen LogP contribution >= 0.6 is 11.3 Å². The quantitative estimate of drug-likeness (QED) is 0.946. The number of rotatable bonds is 3. The van der Waals surface area contributed by atoms with Crippen LogP contribution in [0, 0.1) is 0 Å². The molecule has 0 saturated carbocycles. The largest absolute Gasteiger partial charge is 0.496 e. The van der Waals surface area contributed by atoms with Crippen LogP contribution in [0.25, 0.3) is 0 Å². The molecule has 6 heteroatoms. The summed E-state index contributed by atoms with van der Waals surface area (Å²) in [6, 6.07) is 6.99. The van der Waals surface area contributed by atoms with Crippen molar-refractivity contribution in [2.45, 2.75) is 19.3 Å². The highest BCUT2D eigenvalue weighted by molar-refractivity contribution is 7.17. The fourth-order valence-corrected chi connectivity index (χ4v) is 3.29. The number of aromatic nitrogens is 1. The van der Waals surface area contributed by atoms with Crippen molar-refractivity contribution in [1.29, 1.82) is 0 Å². The normalized spacial score (nSPS) is 13.7. The Balaban J connectivity index is 1.84. The smallest absolute Gasteiger partial charge is 0.261 e. The number of nitrogens with one attached hydrogen (secondary N) is 1. The van der Waals surface area contributed by atoms with Gasteiger partial charge in [-0.15, -0.1) is 0 Å². The summed E-state index contributed by atoms with van der Waals surface area (Å²) in [4.78, 5) is 29.1. The molecule has 0 bridgehead atoms. The molecule has 0 saturated heterocycles. The fraction of sp³-hybridized carbons (Fsp3) is 0.267. The van der Waals surface area contributed by atoms with E-state index in [1.54, 1.807) is 24.3 Å². The van der Waals surface area contributed by atoms with Crippen molar-refractivity contribution >= 4 is 28.2 Å².